The molecule has 1 heterocycles. The summed E-state index contributed by atoms with van der Waals surface area (Å²) in [5.41, 5.74) is 6.20. The molecule has 0 bridgehead atoms. The van der Waals surface area contributed by atoms with Crippen molar-refractivity contribution in [1.82, 2.24) is 5.32 Å². The van der Waals surface area contributed by atoms with Crippen molar-refractivity contribution in [1.29, 1.82) is 0 Å². The van der Waals surface area contributed by atoms with Gasteiger partial charge in [-0.2, -0.15) is 0 Å². The molecule has 1 aromatic rings. The molecule has 106 valence electrons. The molecular weight excluding hydrogens is 247 g/mol. The van der Waals surface area contributed by atoms with Gasteiger partial charge in [-0.05, 0) is 43.5 Å². The van der Waals surface area contributed by atoms with Crippen LogP contribution in [0.3, 0.4) is 0 Å². The summed E-state index contributed by atoms with van der Waals surface area (Å²) in [6.45, 7) is 2.36. The van der Waals surface area contributed by atoms with Crippen LogP contribution in [0.5, 0.6) is 0 Å². The number of nitrogens with two attached hydrogens (primary N) is 1. The van der Waals surface area contributed by atoms with E-state index in [1.54, 1.807) is 6.07 Å². The Kier molecular flexibility index (Phi) is 5.13. The van der Waals surface area contributed by atoms with Gasteiger partial charge in [-0.3, -0.25) is 0 Å². The van der Waals surface area contributed by atoms with Crippen LogP contribution in [0, 0.1) is 5.82 Å². The topological polar surface area (TPSA) is 67.5 Å². The zero-order valence-corrected chi connectivity index (χ0v) is 10.9. The third-order valence-electron chi connectivity index (χ3n) is 3.40. The first kappa shape index (κ1) is 14.2. The van der Waals surface area contributed by atoms with Crippen LogP contribution in [-0.2, 0) is 4.74 Å². The van der Waals surface area contributed by atoms with E-state index in [1.807, 2.05) is 0 Å². The molecule has 1 aliphatic heterocycles. The minimum Gasteiger partial charge on any atom is -0.396 e. The maximum Gasteiger partial charge on any atom is 0.146 e. The monoisotopic (exact) mass is 268 g/mol. The Labute approximate surface area is 112 Å². The SMILES string of the molecule is Nc1cc(C(O)CCNCC2CCCO2)ccc1F. The lowest BCUT2D eigenvalue weighted by molar-refractivity contribution is 0.107. The highest BCUT2D eigenvalue weighted by molar-refractivity contribution is 5.43. The summed E-state index contributed by atoms with van der Waals surface area (Å²) in [7, 11) is 0. The summed E-state index contributed by atoms with van der Waals surface area (Å²) in [5, 5.41) is 13.2. The number of anilines is 1. The molecular formula is C14H21FN2O2. The van der Waals surface area contributed by atoms with Crippen molar-refractivity contribution < 1.29 is 14.2 Å². The Hall–Kier alpha value is -1.17. The molecule has 0 spiro atoms. The molecule has 1 fully saturated rings. The number of nitrogen functional groups attached to an aromatic ring is 1. The van der Waals surface area contributed by atoms with Gasteiger partial charge in [0.25, 0.3) is 0 Å². The number of nitrogens with one attached hydrogen (secondary N) is 1. The van der Waals surface area contributed by atoms with Crippen molar-refractivity contribution in [3.8, 4) is 0 Å². The number of aliphatic hydroxyl groups excluding tert-OH is 1. The Morgan fingerprint density at radius 1 is 1.53 bits per heavy atom. The second-order valence-corrected chi connectivity index (χ2v) is 4.92. The van der Waals surface area contributed by atoms with Crippen molar-refractivity contribution in [2.45, 2.75) is 31.5 Å². The first-order valence-corrected chi connectivity index (χ1v) is 6.72. The summed E-state index contributed by atoms with van der Waals surface area (Å²) < 4.78 is 18.5. The molecule has 4 N–H and O–H groups in total. The fraction of sp³-hybridized carbons (Fsp3) is 0.571. The van der Waals surface area contributed by atoms with Crippen LogP contribution in [0.2, 0.25) is 0 Å². The van der Waals surface area contributed by atoms with E-state index >= 15 is 0 Å². The first-order chi connectivity index (χ1) is 9.16. The first-order valence-electron chi connectivity index (χ1n) is 6.72. The van der Waals surface area contributed by atoms with Crippen molar-refractivity contribution in [3.05, 3.63) is 29.6 Å². The molecule has 0 aromatic heterocycles. The predicted molar refractivity (Wildman–Crippen MR) is 72.2 cm³/mol. The Morgan fingerprint density at radius 2 is 2.37 bits per heavy atom. The van der Waals surface area contributed by atoms with Crippen molar-refractivity contribution in [3.63, 3.8) is 0 Å². The average molecular weight is 268 g/mol. The second-order valence-electron chi connectivity index (χ2n) is 4.92. The lowest BCUT2D eigenvalue weighted by Crippen LogP contribution is -2.27. The van der Waals surface area contributed by atoms with Gasteiger partial charge >= 0.3 is 0 Å². The highest BCUT2D eigenvalue weighted by Crippen LogP contribution is 2.20. The van der Waals surface area contributed by atoms with E-state index in [0.29, 0.717) is 24.6 Å². The van der Waals surface area contributed by atoms with Crippen LogP contribution < -0.4 is 11.1 Å². The highest BCUT2D eigenvalue weighted by atomic mass is 19.1. The highest BCUT2D eigenvalue weighted by Gasteiger charge is 2.15. The molecule has 2 unspecified atom stereocenters. The Bertz CT molecular complexity index is 408. The number of hydrogen-bond donors (Lipinski definition) is 3. The summed E-state index contributed by atoms with van der Waals surface area (Å²) >= 11 is 0. The molecule has 1 aromatic carbocycles. The fourth-order valence-corrected chi connectivity index (χ4v) is 2.24. The standard InChI is InChI=1S/C14H21FN2O2/c15-12-4-3-10(8-13(12)16)14(18)5-6-17-9-11-2-1-7-19-11/h3-4,8,11,14,17-18H,1-2,5-7,9,16H2. The third kappa shape index (κ3) is 4.16. The van der Waals surface area contributed by atoms with Gasteiger partial charge in [-0.1, -0.05) is 6.07 Å². The van der Waals surface area contributed by atoms with E-state index in [9.17, 15) is 9.50 Å². The van der Waals surface area contributed by atoms with Gasteiger partial charge < -0.3 is 20.9 Å². The molecule has 0 radical (unpaired) electrons. The molecule has 1 saturated heterocycles. The molecule has 0 aliphatic carbocycles. The van der Waals surface area contributed by atoms with Gasteiger partial charge in [-0.15, -0.1) is 0 Å². The van der Waals surface area contributed by atoms with Gasteiger partial charge in [-0.25, -0.2) is 4.39 Å². The normalized spacial score (nSPS) is 20.6. The number of benzene rings is 1. The summed E-state index contributed by atoms with van der Waals surface area (Å²) in [5.74, 6) is -0.451. The van der Waals surface area contributed by atoms with Crippen LogP contribution in [0.1, 0.15) is 30.9 Å². The molecule has 0 amide bonds. The summed E-state index contributed by atoms with van der Waals surface area (Å²) in [4.78, 5) is 0. The average Bonchev–Trinajstić information content (AvgIpc) is 2.91. The van der Waals surface area contributed by atoms with Crippen LogP contribution in [0.15, 0.2) is 18.2 Å². The number of halogens is 1. The minimum atomic E-state index is -0.625. The summed E-state index contributed by atoms with van der Waals surface area (Å²) in [6, 6.07) is 4.34. The molecule has 4 nitrogen and oxygen atoms in total. The zero-order chi connectivity index (χ0) is 13.7. The van der Waals surface area contributed by atoms with Gasteiger partial charge in [0.15, 0.2) is 0 Å². The summed E-state index contributed by atoms with van der Waals surface area (Å²) in [6.07, 6.45) is 2.48. The largest absolute Gasteiger partial charge is 0.396 e. The number of hydrogen-bond acceptors (Lipinski definition) is 4. The Balaban J connectivity index is 1.71. The van der Waals surface area contributed by atoms with Crippen LogP contribution in [0.25, 0.3) is 0 Å². The maximum atomic E-state index is 13.0. The maximum absolute atomic E-state index is 13.0. The van der Waals surface area contributed by atoms with Crippen LogP contribution in [0.4, 0.5) is 10.1 Å². The fourth-order valence-electron chi connectivity index (χ4n) is 2.24. The van der Waals surface area contributed by atoms with E-state index in [0.717, 1.165) is 26.0 Å². The Morgan fingerprint density at radius 3 is 3.05 bits per heavy atom. The van der Waals surface area contributed by atoms with E-state index in [4.69, 9.17) is 10.5 Å². The molecule has 2 atom stereocenters. The predicted octanol–water partition coefficient (Wildman–Crippen LogP) is 1.60. The van der Waals surface area contributed by atoms with Crippen LogP contribution in [-0.4, -0.2) is 30.9 Å². The zero-order valence-electron chi connectivity index (χ0n) is 10.9. The third-order valence-corrected chi connectivity index (χ3v) is 3.40. The number of ether oxygens (including phenoxy) is 1. The van der Waals surface area contributed by atoms with Crippen molar-refractivity contribution in [2.75, 3.05) is 25.4 Å². The lowest BCUT2D eigenvalue weighted by atomic mass is 10.1. The minimum absolute atomic E-state index is 0.0730. The molecule has 5 heteroatoms. The smallest absolute Gasteiger partial charge is 0.146 e. The van der Waals surface area contributed by atoms with Gasteiger partial charge in [0, 0.05) is 13.2 Å². The lowest BCUT2D eigenvalue weighted by Gasteiger charge is -2.14. The van der Waals surface area contributed by atoms with E-state index in [-0.39, 0.29) is 5.69 Å². The van der Waals surface area contributed by atoms with Gasteiger partial charge in [0.2, 0.25) is 0 Å². The molecule has 1 aliphatic rings. The van der Waals surface area contributed by atoms with E-state index in [1.165, 1.54) is 12.1 Å². The number of aliphatic hydroxyl groups is 1. The number of rotatable bonds is 6. The molecule has 0 saturated carbocycles. The van der Waals surface area contributed by atoms with Crippen molar-refractivity contribution in [2.24, 2.45) is 0 Å². The van der Waals surface area contributed by atoms with Gasteiger partial charge in [0.1, 0.15) is 5.82 Å². The van der Waals surface area contributed by atoms with Crippen molar-refractivity contribution >= 4 is 5.69 Å². The second kappa shape index (κ2) is 6.84. The van der Waals surface area contributed by atoms with E-state index in [2.05, 4.69) is 5.32 Å². The van der Waals surface area contributed by atoms with Crippen LogP contribution >= 0.6 is 0 Å². The molecule has 2 rings (SSSR count). The van der Waals surface area contributed by atoms with Gasteiger partial charge in [0.05, 0.1) is 17.9 Å². The molecule has 19 heavy (non-hydrogen) atoms. The quantitative estimate of drug-likeness (QED) is 0.541. The van der Waals surface area contributed by atoms with E-state index < -0.39 is 11.9 Å².